The molecule has 0 aromatic carbocycles. The van der Waals surface area contributed by atoms with E-state index in [9.17, 15) is 9.90 Å². The van der Waals surface area contributed by atoms with Crippen molar-refractivity contribution in [3.8, 4) is 0 Å². The summed E-state index contributed by atoms with van der Waals surface area (Å²) >= 11 is 0. The Morgan fingerprint density at radius 3 is 2.68 bits per heavy atom. The average Bonchev–Trinajstić information content (AvgIpc) is 2.93. The Kier molecular flexibility index (Phi) is 3.18. The van der Waals surface area contributed by atoms with E-state index in [1.54, 1.807) is 0 Å². The van der Waals surface area contributed by atoms with Crippen LogP contribution >= 0.6 is 0 Å². The van der Waals surface area contributed by atoms with Crippen LogP contribution in [0.1, 0.15) is 65.7 Å². The monoisotopic (exact) mass is 302 g/mol. The van der Waals surface area contributed by atoms with Crippen LogP contribution in [0.3, 0.4) is 0 Å². The maximum atomic E-state index is 12.0. The van der Waals surface area contributed by atoms with Gasteiger partial charge in [-0.1, -0.05) is 19.4 Å². The van der Waals surface area contributed by atoms with E-state index in [1.807, 2.05) is 13.0 Å². The second-order valence-corrected chi connectivity index (χ2v) is 9.11. The van der Waals surface area contributed by atoms with Crippen molar-refractivity contribution in [2.45, 2.75) is 71.8 Å². The summed E-state index contributed by atoms with van der Waals surface area (Å²) in [5.74, 6) is 3.08. The molecule has 2 nitrogen and oxygen atoms in total. The maximum absolute atomic E-state index is 12.0. The predicted molar refractivity (Wildman–Crippen MR) is 87.3 cm³/mol. The number of carbonyl (C=O) groups excluding carboxylic acids is 1. The summed E-state index contributed by atoms with van der Waals surface area (Å²) in [4.78, 5) is 12.0. The van der Waals surface area contributed by atoms with Crippen molar-refractivity contribution in [1.29, 1.82) is 0 Å². The van der Waals surface area contributed by atoms with Gasteiger partial charge >= 0.3 is 0 Å². The van der Waals surface area contributed by atoms with Crippen LogP contribution in [0.4, 0.5) is 0 Å². The molecule has 2 heteroatoms. The molecule has 0 radical (unpaired) electrons. The number of aliphatic hydroxyl groups is 1. The summed E-state index contributed by atoms with van der Waals surface area (Å²) in [6, 6.07) is 0. The Morgan fingerprint density at radius 2 is 1.95 bits per heavy atom. The SMILES string of the molecule is C[C@H](O)[C@H]1CC[C@H]2[C@H]3CCC4=CC(=O)C[C@@]4(C)[C@@H]3CC[C@]12C. The molecule has 22 heavy (non-hydrogen) atoms. The lowest BCUT2D eigenvalue weighted by molar-refractivity contribution is -0.117. The lowest BCUT2D eigenvalue weighted by Crippen LogP contribution is -2.50. The Bertz CT molecular complexity index is 534. The van der Waals surface area contributed by atoms with Gasteiger partial charge in [0.25, 0.3) is 0 Å². The minimum Gasteiger partial charge on any atom is -0.393 e. The van der Waals surface area contributed by atoms with Crippen LogP contribution in [0.25, 0.3) is 0 Å². The second-order valence-electron chi connectivity index (χ2n) is 9.11. The molecule has 0 bridgehead atoms. The first-order chi connectivity index (χ1) is 10.4. The first-order valence-corrected chi connectivity index (χ1v) is 9.28. The van der Waals surface area contributed by atoms with Crippen molar-refractivity contribution < 1.29 is 9.90 Å². The van der Waals surface area contributed by atoms with Gasteiger partial charge in [-0.25, -0.2) is 0 Å². The van der Waals surface area contributed by atoms with Crippen LogP contribution in [-0.2, 0) is 4.79 Å². The fourth-order valence-electron chi connectivity index (χ4n) is 7.25. The summed E-state index contributed by atoms with van der Waals surface area (Å²) in [6.07, 6.45) is 9.93. The van der Waals surface area contributed by atoms with Gasteiger partial charge in [0, 0.05) is 6.42 Å². The standard InChI is InChI=1S/C20H30O2/c1-12(21)16-6-7-17-15-5-4-13-10-14(22)11-20(13,3)18(15)8-9-19(16,17)2/h10,12,15-18,21H,4-9,11H2,1-3H3/t12-,15+,16+,17-,18+,19+,20+/m0/s1. The summed E-state index contributed by atoms with van der Waals surface area (Å²) in [6.45, 7) is 6.80. The molecule has 0 amide bonds. The summed E-state index contributed by atoms with van der Waals surface area (Å²) in [7, 11) is 0. The summed E-state index contributed by atoms with van der Waals surface area (Å²) in [5, 5.41) is 10.2. The average molecular weight is 302 g/mol. The fourth-order valence-corrected chi connectivity index (χ4v) is 7.25. The minimum atomic E-state index is -0.172. The number of rotatable bonds is 1. The van der Waals surface area contributed by atoms with Crippen LogP contribution in [-0.4, -0.2) is 17.0 Å². The largest absolute Gasteiger partial charge is 0.393 e. The van der Waals surface area contributed by atoms with Crippen LogP contribution < -0.4 is 0 Å². The van der Waals surface area contributed by atoms with E-state index in [4.69, 9.17) is 0 Å². The number of hydrogen-bond acceptors (Lipinski definition) is 2. The van der Waals surface area contributed by atoms with E-state index in [2.05, 4.69) is 13.8 Å². The third kappa shape index (κ3) is 1.79. The van der Waals surface area contributed by atoms with Gasteiger partial charge in [-0.05, 0) is 86.0 Å². The zero-order chi connectivity index (χ0) is 15.7. The molecule has 4 rings (SSSR count). The fraction of sp³-hybridized carbons (Fsp3) is 0.850. The van der Waals surface area contributed by atoms with E-state index in [1.165, 1.54) is 37.7 Å². The van der Waals surface area contributed by atoms with Crippen molar-refractivity contribution in [2.24, 2.45) is 34.5 Å². The molecule has 4 aliphatic rings. The molecule has 0 unspecified atom stereocenters. The van der Waals surface area contributed by atoms with Gasteiger partial charge in [0.1, 0.15) is 0 Å². The van der Waals surface area contributed by atoms with Crippen molar-refractivity contribution >= 4 is 5.78 Å². The molecule has 0 aliphatic heterocycles. The third-order valence-electron chi connectivity index (χ3n) is 8.27. The molecule has 0 spiro atoms. The van der Waals surface area contributed by atoms with E-state index in [-0.39, 0.29) is 11.5 Å². The molecular weight excluding hydrogens is 272 g/mol. The Hall–Kier alpha value is -0.630. The van der Waals surface area contributed by atoms with E-state index in [0.717, 1.165) is 24.7 Å². The van der Waals surface area contributed by atoms with Crippen LogP contribution in [0.15, 0.2) is 11.6 Å². The minimum absolute atomic E-state index is 0.157. The van der Waals surface area contributed by atoms with Crippen LogP contribution in [0.2, 0.25) is 0 Å². The highest BCUT2D eigenvalue weighted by atomic mass is 16.3. The molecule has 4 aliphatic carbocycles. The highest BCUT2D eigenvalue weighted by molar-refractivity contribution is 5.94. The zero-order valence-corrected chi connectivity index (χ0v) is 14.3. The third-order valence-corrected chi connectivity index (χ3v) is 8.27. The molecule has 122 valence electrons. The quantitative estimate of drug-likeness (QED) is 0.791. The van der Waals surface area contributed by atoms with Gasteiger partial charge < -0.3 is 5.11 Å². The maximum Gasteiger partial charge on any atom is 0.156 e. The molecule has 0 aromatic rings. The summed E-state index contributed by atoms with van der Waals surface area (Å²) < 4.78 is 0. The lowest BCUT2D eigenvalue weighted by Gasteiger charge is -2.56. The number of fused-ring (bicyclic) bond motifs is 5. The van der Waals surface area contributed by atoms with Crippen molar-refractivity contribution in [3.63, 3.8) is 0 Å². The van der Waals surface area contributed by atoms with E-state index in [0.29, 0.717) is 23.0 Å². The van der Waals surface area contributed by atoms with Gasteiger partial charge in [-0.15, -0.1) is 0 Å². The van der Waals surface area contributed by atoms with Gasteiger partial charge in [0.2, 0.25) is 0 Å². The first-order valence-electron chi connectivity index (χ1n) is 9.28. The topological polar surface area (TPSA) is 37.3 Å². The number of hydrogen-bond donors (Lipinski definition) is 1. The molecule has 0 aromatic heterocycles. The Balaban J connectivity index is 1.66. The number of carbonyl (C=O) groups is 1. The lowest BCUT2D eigenvalue weighted by atomic mass is 9.48. The Morgan fingerprint density at radius 1 is 1.18 bits per heavy atom. The smallest absolute Gasteiger partial charge is 0.156 e. The van der Waals surface area contributed by atoms with Crippen molar-refractivity contribution in [1.82, 2.24) is 0 Å². The highest BCUT2D eigenvalue weighted by Gasteiger charge is 2.60. The van der Waals surface area contributed by atoms with E-state index >= 15 is 0 Å². The number of aliphatic hydroxyl groups excluding tert-OH is 1. The van der Waals surface area contributed by atoms with Crippen molar-refractivity contribution in [2.75, 3.05) is 0 Å². The first kappa shape index (κ1) is 14.9. The Labute approximate surface area is 134 Å². The predicted octanol–water partition coefficient (Wildman–Crippen LogP) is 4.13. The molecular formula is C20H30O2. The molecule has 0 heterocycles. The van der Waals surface area contributed by atoms with Gasteiger partial charge in [0.05, 0.1) is 6.10 Å². The summed E-state index contributed by atoms with van der Waals surface area (Å²) in [5.41, 5.74) is 1.94. The number of allylic oxidation sites excluding steroid dienone is 2. The molecule has 0 saturated heterocycles. The molecule has 1 N–H and O–H groups in total. The van der Waals surface area contributed by atoms with Crippen molar-refractivity contribution in [3.05, 3.63) is 11.6 Å². The number of ketones is 1. The zero-order valence-electron chi connectivity index (χ0n) is 14.3. The normalized spacial score (nSPS) is 51.8. The highest BCUT2D eigenvalue weighted by Crippen LogP contribution is 2.67. The van der Waals surface area contributed by atoms with Crippen LogP contribution in [0.5, 0.6) is 0 Å². The van der Waals surface area contributed by atoms with E-state index < -0.39 is 0 Å². The van der Waals surface area contributed by atoms with Gasteiger partial charge in [0.15, 0.2) is 5.78 Å². The molecule has 7 atom stereocenters. The molecule has 3 saturated carbocycles. The second kappa shape index (κ2) is 4.69. The van der Waals surface area contributed by atoms with Crippen LogP contribution in [0, 0.1) is 34.5 Å². The van der Waals surface area contributed by atoms with Gasteiger partial charge in [-0.3, -0.25) is 4.79 Å². The van der Waals surface area contributed by atoms with Gasteiger partial charge in [-0.2, -0.15) is 0 Å². The molecule has 3 fully saturated rings.